The Bertz CT molecular complexity index is 335. The molecule has 14 heavy (non-hydrogen) atoms. The third-order valence-corrected chi connectivity index (χ3v) is 1.85. The van der Waals surface area contributed by atoms with Crippen molar-refractivity contribution in [3.8, 4) is 0 Å². The molecule has 0 fully saturated rings. The number of nitrogens with one attached hydrogen (secondary N) is 2. The SMILES string of the molecule is CNC.CNc1cc(Br)cn(C)c1=O. The van der Waals surface area contributed by atoms with Crippen molar-refractivity contribution in [3.63, 3.8) is 0 Å². The summed E-state index contributed by atoms with van der Waals surface area (Å²) in [6.07, 6.45) is 1.73. The van der Waals surface area contributed by atoms with Gasteiger partial charge in [-0.3, -0.25) is 4.79 Å². The standard InChI is InChI=1S/C7H9BrN2O.C2H7N/c1-9-6-3-5(8)4-10(2)7(6)11;1-3-2/h3-4,9H,1-2H3;3H,1-2H3. The lowest BCUT2D eigenvalue weighted by Crippen LogP contribution is -2.18. The van der Waals surface area contributed by atoms with Crippen LogP contribution in [0.2, 0.25) is 0 Å². The zero-order valence-corrected chi connectivity index (χ0v) is 10.5. The van der Waals surface area contributed by atoms with Crippen molar-refractivity contribution >= 4 is 21.6 Å². The van der Waals surface area contributed by atoms with E-state index in [1.54, 1.807) is 26.4 Å². The Balaban J connectivity index is 0.000000500. The molecule has 1 heterocycles. The van der Waals surface area contributed by atoms with Crippen molar-refractivity contribution in [2.24, 2.45) is 7.05 Å². The van der Waals surface area contributed by atoms with Crippen LogP contribution in [0.5, 0.6) is 0 Å². The van der Waals surface area contributed by atoms with Crippen molar-refractivity contribution in [2.45, 2.75) is 0 Å². The Labute approximate surface area is 92.5 Å². The van der Waals surface area contributed by atoms with Crippen molar-refractivity contribution in [1.82, 2.24) is 9.88 Å². The maximum absolute atomic E-state index is 11.2. The number of pyridine rings is 1. The number of aromatic nitrogens is 1. The summed E-state index contributed by atoms with van der Waals surface area (Å²) in [5.41, 5.74) is 0.581. The summed E-state index contributed by atoms with van der Waals surface area (Å²) in [5, 5.41) is 5.56. The minimum absolute atomic E-state index is 0.0179. The molecular formula is C9H16BrN3O. The first-order valence-corrected chi connectivity index (χ1v) is 4.98. The third-order valence-electron chi connectivity index (χ3n) is 1.42. The van der Waals surface area contributed by atoms with Gasteiger partial charge in [-0.25, -0.2) is 0 Å². The average Bonchev–Trinajstić information content (AvgIpc) is 2.12. The first-order chi connectivity index (χ1) is 6.56. The fraction of sp³-hybridized carbons (Fsp3) is 0.444. The Morgan fingerprint density at radius 2 is 1.86 bits per heavy atom. The van der Waals surface area contributed by atoms with Crippen LogP contribution < -0.4 is 16.2 Å². The quantitative estimate of drug-likeness (QED) is 0.794. The number of nitrogens with zero attached hydrogens (tertiary/aromatic N) is 1. The molecule has 4 nitrogen and oxygen atoms in total. The van der Waals surface area contributed by atoms with E-state index < -0.39 is 0 Å². The Hall–Kier alpha value is -0.810. The van der Waals surface area contributed by atoms with E-state index in [1.165, 1.54) is 4.57 Å². The first-order valence-electron chi connectivity index (χ1n) is 4.19. The summed E-state index contributed by atoms with van der Waals surface area (Å²) in [5.74, 6) is 0. The molecule has 0 saturated heterocycles. The van der Waals surface area contributed by atoms with E-state index >= 15 is 0 Å². The molecule has 0 saturated carbocycles. The van der Waals surface area contributed by atoms with Gasteiger partial charge in [0.25, 0.3) is 5.56 Å². The molecule has 1 aromatic rings. The van der Waals surface area contributed by atoms with Crippen LogP contribution in [-0.4, -0.2) is 25.7 Å². The van der Waals surface area contributed by atoms with Crippen molar-refractivity contribution < 1.29 is 0 Å². The number of hydrogen-bond acceptors (Lipinski definition) is 3. The van der Waals surface area contributed by atoms with Gasteiger partial charge >= 0.3 is 0 Å². The second-order valence-corrected chi connectivity index (χ2v) is 3.65. The maximum Gasteiger partial charge on any atom is 0.273 e. The predicted molar refractivity (Wildman–Crippen MR) is 63.9 cm³/mol. The maximum atomic E-state index is 11.2. The molecule has 0 aliphatic carbocycles. The summed E-state index contributed by atoms with van der Waals surface area (Å²) in [4.78, 5) is 11.2. The Kier molecular flexibility index (Phi) is 6.23. The number of halogens is 1. The lowest BCUT2D eigenvalue weighted by atomic mass is 10.4. The molecule has 0 amide bonds. The topological polar surface area (TPSA) is 46.1 Å². The summed E-state index contributed by atoms with van der Waals surface area (Å²) in [6.45, 7) is 0. The second kappa shape index (κ2) is 6.62. The van der Waals surface area contributed by atoms with Crippen LogP contribution >= 0.6 is 15.9 Å². The normalized spacial score (nSPS) is 8.93. The molecule has 80 valence electrons. The van der Waals surface area contributed by atoms with Crippen molar-refractivity contribution in [1.29, 1.82) is 0 Å². The van der Waals surface area contributed by atoms with Gasteiger partial charge < -0.3 is 15.2 Å². The fourth-order valence-electron chi connectivity index (χ4n) is 0.850. The van der Waals surface area contributed by atoms with Crippen LogP contribution in [0.4, 0.5) is 5.69 Å². The molecule has 0 aliphatic heterocycles. The first kappa shape index (κ1) is 13.2. The zero-order valence-electron chi connectivity index (χ0n) is 8.89. The minimum Gasteiger partial charge on any atom is -0.384 e. The monoisotopic (exact) mass is 261 g/mol. The summed E-state index contributed by atoms with van der Waals surface area (Å²) in [6, 6.07) is 1.75. The van der Waals surface area contributed by atoms with Crippen LogP contribution in [0, 0.1) is 0 Å². The number of hydrogen-bond donors (Lipinski definition) is 2. The fourth-order valence-corrected chi connectivity index (χ4v) is 1.39. The molecular weight excluding hydrogens is 246 g/mol. The largest absolute Gasteiger partial charge is 0.384 e. The predicted octanol–water partition coefficient (Wildman–Crippen LogP) is 1.03. The van der Waals surface area contributed by atoms with E-state index in [0.29, 0.717) is 5.69 Å². The molecule has 0 spiro atoms. The van der Waals surface area contributed by atoms with Crippen LogP contribution in [0.3, 0.4) is 0 Å². The molecule has 0 unspecified atom stereocenters. The van der Waals surface area contributed by atoms with E-state index in [-0.39, 0.29) is 5.56 Å². The minimum atomic E-state index is -0.0179. The van der Waals surface area contributed by atoms with E-state index in [1.807, 2.05) is 14.1 Å². The van der Waals surface area contributed by atoms with E-state index in [2.05, 4.69) is 26.6 Å². The van der Waals surface area contributed by atoms with Crippen LogP contribution in [-0.2, 0) is 7.05 Å². The molecule has 1 aromatic heterocycles. The second-order valence-electron chi connectivity index (χ2n) is 2.74. The van der Waals surface area contributed by atoms with E-state index in [9.17, 15) is 4.79 Å². The number of aryl methyl sites for hydroxylation is 1. The summed E-state index contributed by atoms with van der Waals surface area (Å²) in [7, 11) is 7.19. The highest BCUT2D eigenvalue weighted by molar-refractivity contribution is 9.10. The molecule has 2 N–H and O–H groups in total. The lowest BCUT2D eigenvalue weighted by Gasteiger charge is -2.02. The molecule has 0 bridgehead atoms. The van der Waals surface area contributed by atoms with Gasteiger partial charge in [-0.2, -0.15) is 0 Å². The summed E-state index contributed by atoms with van der Waals surface area (Å²) < 4.78 is 2.42. The molecule has 0 aromatic carbocycles. The number of rotatable bonds is 1. The van der Waals surface area contributed by atoms with Gasteiger partial charge in [0.05, 0.1) is 0 Å². The highest BCUT2D eigenvalue weighted by atomic mass is 79.9. The van der Waals surface area contributed by atoms with Gasteiger partial charge in [-0.1, -0.05) is 0 Å². The average molecular weight is 262 g/mol. The zero-order chi connectivity index (χ0) is 11.1. The highest BCUT2D eigenvalue weighted by Gasteiger charge is 1.99. The van der Waals surface area contributed by atoms with Crippen LogP contribution in [0.1, 0.15) is 0 Å². The molecule has 0 aliphatic rings. The van der Waals surface area contributed by atoms with Gasteiger partial charge in [0, 0.05) is 24.8 Å². The molecule has 5 heteroatoms. The Morgan fingerprint density at radius 1 is 1.36 bits per heavy atom. The molecule has 1 rings (SSSR count). The van der Waals surface area contributed by atoms with Crippen molar-refractivity contribution in [3.05, 3.63) is 27.1 Å². The van der Waals surface area contributed by atoms with Gasteiger partial charge in [0.1, 0.15) is 5.69 Å². The molecule has 0 atom stereocenters. The van der Waals surface area contributed by atoms with Gasteiger partial charge in [-0.15, -0.1) is 0 Å². The lowest BCUT2D eigenvalue weighted by molar-refractivity contribution is 0.857. The Morgan fingerprint density at radius 3 is 2.29 bits per heavy atom. The molecule has 0 radical (unpaired) electrons. The van der Waals surface area contributed by atoms with Crippen LogP contribution in [0.25, 0.3) is 0 Å². The smallest absolute Gasteiger partial charge is 0.273 e. The number of anilines is 1. The van der Waals surface area contributed by atoms with Gasteiger partial charge in [0.2, 0.25) is 0 Å². The van der Waals surface area contributed by atoms with Crippen molar-refractivity contribution in [2.75, 3.05) is 26.5 Å². The van der Waals surface area contributed by atoms with E-state index in [4.69, 9.17) is 0 Å². The van der Waals surface area contributed by atoms with E-state index in [0.717, 1.165) is 4.47 Å². The summed E-state index contributed by atoms with van der Waals surface area (Å²) >= 11 is 3.29. The van der Waals surface area contributed by atoms with Crippen LogP contribution in [0.15, 0.2) is 21.5 Å². The van der Waals surface area contributed by atoms with Gasteiger partial charge in [-0.05, 0) is 36.1 Å². The van der Waals surface area contributed by atoms with Gasteiger partial charge in [0.15, 0.2) is 0 Å². The third kappa shape index (κ3) is 3.93. The highest BCUT2D eigenvalue weighted by Crippen LogP contribution is 2.10.